The van der Waals surface area contributed by atoms with Crippen LogP contribution in [0.25, 0.3) is 0 Å². The van der Waals surface area contributed by atoms with Crippen LogP contribution in [0.2, 0.25) is 0 Å². The van der Waals surface area contributed by atoms with Gasteiger partial charge in [-0.3, -0.25) is 15.1 Å². The molecule has 0 aliphatic heterocycles. The highest BCUT2D eigenvalue weighted by molar-refractivity contribution is 7.93. The highest BCUT2D eigenvalue weighted by Gasteiger charge is 2.07. The SMILES string of the molecule is Cc1ncccc1S[N+](=O)[O-]. The molecule has 0 saturated heterocycles. The third kappa shape index (κ3) is 2.19. The molecular weight excluding hydrogens is 164 g/mol. The average molecular weight is 170 g/mol. The van der Waals surface area contributed by atoms with Crippen molar-refractivity contribution in [3.05, 3.63) is 34.1 Å². The van der Waals surface area contributed by atoms with Crippen LogP contribution in [0.3, 0.4) is 0 Å². The summed E-state index contributed by atoms with van der Waals surface area (Å²) in [6.45, 7) is 1.74. The summed E-state index contributed by atoms with van der Waals surface area (Å²) in [4.78, 5) is 14.6. The molecule has 1 heterocycles. The summed E-state index contributed by atoms with van der Waals surface area (Å²) in [5, 5.41) is 10.1. The number of hydrogen-bond donors (Lipinski definition) is 0. The van der Waals surface area contributed by atoms with Gasteiger partial charge >= 0.3 is 0 Å². The second-order valence-electron chi connectivity index (χ2n) is 1.90. The summed E-state index contributed by atoms with van der Waals surface area (Å²) >= 11 is 0.585. The van der Waals surface area contributed by atoms with Gasteiger partial charge in [-0.1, -0.05) is 0 Å². The Morgan fingerprint density at radius 3 is 3.00 bits per heavy atom. The smallest absolute Gasteiger partial charge is 0.260 e. The van der Waals surface area contributed by atoms with Crippen molar-refractivity contribution in [3.8, 4) is 0 Å². The van der Waals surface area contributed by atoms with Crippen LogP contribution in [-0.4, -0.2) is 9.31 Å². The molecule has 0 fully saturated rings. The van der Waals surface area contributed by atoms with Gasteiger partial charge in [-0.25, -0.2) is 0 Å². The lowest BCUT2D eigenvalue weighted by Crippen LogP contribution is -1.88. The van der Waals surface area contributed by atoms with Crippen LogP contribution in [0.5, 0.6) is 0 Å². The van der Waals surface area contributed by atoms with Crippen molar-refractivity contribution in [2.75, 3.05) is 0 Å². The van der Waals surface area contributed by atoms with E-state index in [1.807, 2.05) is 0 Å². The summed E-state index contributed by atoms with van der Waals surface area (Å²) in [5.41, 5.74) is 0.689. The Morgan fingerprint density at radius 2 is 2.45 bits per heavy atom. The maximum Gasteiger partial charge on any atom is 0.267 e. The van der Waals surface area contributed by atoms with Gasteiger partial charge < -0.3 is 0 Å². The maximum absolute atomic E-state index is 10.1. The predicted molar refractivity (Wildman–Crippen MR) is 41.8 cm³/mol. The molecule has 58 valence electrons. The number of aryl methyl sites for hydroxylation is 1. The lowest BCUT2D eigenvalue weighted by molar-refractivity contribution is -0.284. The van der Waals surface area contributed by atoms with Gasteiger partial charge in [0, 0.05) is 6.20 Å². The first kappa shape index (κ1) is 8.00. The Morgan fingerprint density at radius 1 is 1.73 bits per heavy atom. The minimum atomic E-state index is -0.440. The minimum absolute atomic E-state index is 0.440. The van der Waals surface area contributed by atoms with E-state index in [9.17, 15) is 10.1 Å². The summed E-state index contributed by atoms with van der Waals surface area (Å²) < 4.78 is -0.440. The molecule has 1 rings (SSSR count). The minimum Gasteiger partial charge on any atom is -0.260 e. The molecule has 0 amide bonds. The van der Waals surface area contributed by atoms with Gasteiger partial charge in [0.25, 0.3) is 11.9 Å². The first-order valence-electron chi connectivity index (χ1n) is 2.94. The zero-order chi connectivity index (χ0) is 8.27. The third-order valence-corrected chi connectivity index (χ3v) is 1.91. The van der Waals surface area contributed by atoms with E-state index in [2.05, 4.69) is 4.98 Å². The molecule has 0 spiro atoms. The van der Waals surface area contributed by atoms with Crippen molar-refractivity contribution in [2.45, 2.75) is 11.8 Å². The van der Waals surface area contributed by atoms with Crippen LogP contribution in [0.1, 0.15) is 5.69 Å². The average Bonchev–Trinajstić information content (AvgIpc) is 1.93. The summed E-state index contributed by atoms with van der Waals surface area (Å²) in [6.07, 6.45) is 1.61. The zero-order valence-corrected chi connectivity index (χ0v) is 6.67. The quantitative estimate of drug-likeness (QED) is 0.385. The van der Waals surface area contributed by atoms with Gasteiger partial charge in [0.2, 0.25) is 0 Å². The van der Waals surface area contributed by atoms with Crippen molar-refractivity contribution in [1.82, 2.24) is 4.98 Å². The van der Waals surface area contributed by atoms with Crippen molar-refractivity contribution < 1.29 is 4.33 Å². The maximum atomic E-state index is 10.1. The Labute approximate surface area is 67.9 Å². The van der Waals surface area contributed by atoms with E-state index in [0.717, 1.165) is 0 Å². The Hall–Kier alpha value is -1.10. The molecule has 0 aromatic carbocycles. The first-order valence-corrected chi connectivity index (χ1v) is 3.71. The molecule has 0 bridgehead atoms. The molecule has 0 unspecified atom stereocenters. The lowest BCUT2D eigenvalue weighted by Gasteiger charge is -1.94. The zero-order valence-electron chi connectivity index (χ0n) is 5.85. The molecule has 5 heteroatoms. The van der Waals surface area contributed by atoms with Crippen LogP contribution in [0.4, 0.5) is 0 Å². The fourth-order valence-corrected chi connectivity index (χ4v) is 1.13. The summed E-state index contributed by atoms with van der Waals surface area (Å²) in [6, 6.07) is 3.36. The molecule has 0 aliphatic rings. The second kappa shape index (κ2) is 3.34. The molecule has 0 saturated carbocycles. The number of rotatable bonds is 2. The molecule has 0 aliphatic carbocycles. The molecule has 4 nitrogen and oxygen atoms in total. The molecule has 0 atom stereocenters. The van der Waals surface area contributed by atoms with E-state index in [1.165, 1.54) is 0 Å². The van der Waals surface area contributed by atoms with Gasteiger partial charge in [0.15, 0.2) is 0 Å². The van der Waals surface area contributed by atoms with Crippen LogP contribution in [-0.2, 0) is 0 Å². The highest BCUT2D eigenvalue weighted by Crippen LogP contribution is 2.19. The van der Waals surface area contributed by atoms with Crippen LogP contribution in [0.15, 0.2) is 23.2 Å². The first-order chi connectivity index (χ1) is 5.20. The van der Waals surface area contributed by atoms with Crippen molar-refractivity contribution in [1.29, 1.82) is 0 Å². The fourth-order valence-electron chi connectivity index (χ4n) is 0.646. The van der Waals surface area contributed by atoms with Gasteiger partial charge in [0.1, 0.15) is 9.22 Å². The number of nitrogens with zero attached hydrogens (tertiary/aromatic N) is 2. The third-order valence-electron chi connectivity index (χ3n) is 1.13. The van der Waals surface area contributed by atoms with Gasteiger partial charge in [-0.15, -0.1) is 0 Å². The molecular formula is C6H6N2O2S. The lowest BCUT2D eigenvalue weighted by atomic mass is 10.4. The Bertz CT molecular complexity index is 277. The monoisotopic (exact) mass is 170 g/mol. The van der Waals surface area contributed by atoms with E-state index >= 15 is 0 Å². The number of nitro groups is 1. The van der Waals surface area contributed by atoms with E-state index in [-0.39, 0.29) is 0 Å². The van der Waals surface area contributed by atoms with Gasteiger partial charge in [0.05, 0.1) is 5.69 Å². The number of hydrogen-bond acceptors (Lipinski definition) is 4. The van der Waals surface area contributed by atoms with Crippen molar-refractivity contribution >= 4 is 11.9 Å². The predicted octanol–water partition coefficient (Wildman–Crippen LogP) is 1.67. The molecule has 11 heavy (non-hydrogen) atoms. The normalized spacial score (nSPS) is 9.55. The van der Waals surface area contributed by atoms with Gasteiger partial charge in [-0.2, -0.15) is 0 Å². The number of aromatic nitrogens is 1. The molecule has 1 aromatic rings. The fraction of sp³-hybridized carbons (Fsp3) is 0.167. The topological polar surface area (TPSA) is 56.0 Å². The number of pyridine rings is 1. The Balaban J connectivity index is 2.86. The van der Waals surface area contributed by atoms with E-state index in [1.54, 1.807) is 25.3 Å². The van der Waals surface area contributed by atoms with E-state index < -0.39 is 4.33 Å². The standard InChI is InChI=1S/C6H6N2O2S/c1-5-6(11-8(9)10)3-2-4-7-5/h2-4H,1H3. The van der Waals surface area contributed by atoms with E-state index in [0.29, 0.717) is 22.5 Å². The Kier molecular flexibility index (Phi) is 2.43. The van der Waals surface area contributed by atoms with Crippen molar-refractivity contribution in [3.63, 3.8) is 0 Å². The summed E-state index contributed by atoms with van der Waals surface area (Å²) in [7, 11) is 0. The van der Waals surface area contributed by atoms with Crippen LogP contribution in [0, 0.1) is 17.0 Å². The van der Waals surface area contributed by atoms with Crippen molar-refractivity contribution in [2.24, 2.45) is 0 Å². The second-order valence-corrected chi connectivity index (χ2v) is 2.82. The highest BCUT2D eigenvalue weighted by atomic mass is 32.2. The largest absolute Gasteiger partial charge is 0.267 e. The molecule has 1 aromatic heterocycles. The summed E-state index contributed by atoms with van der Waals surface area (Å²) in [5.74, 6) is 0. The van der Waals surface area contributed by atoms with Gasteiger partial charge in [-0.05, 0) is 19.1 Å². The van der Waals surface area contributed by atoms with Crippen LogP contribution < -0.4 is 0 Å². The van der Waals surface area contributed by atoms with E-state index in [4.69, 9.17) is 0 Å². The molecule has 0 N–H and O–H groups in total. The molecule has 0 radical (unpaired) electrons. The van der Waals surface area contributed by atoms with Crippen LogP contribution >= 0.6 is 11.9 Å².